The van der Waals surface area contributed by atoms with Gasteiger partial charge in [-0.3, -0.25) is 0 Å². The molecular weight excluding hydrogens is 485 g/mol. The number of hydrogen-bond donors (Lipinski definition) is 2. The average molecular weight is 511 g/mol. The summed E-state index contributed by atoms with van der Waals surface area (Å²) in [4.78, 5) is 10.5. The lowest BCUT2D eigenvalue weighted by atomic mass is 10.2. The van der Waals surface area contributed by atoms with E-state index in [0.29, 0.717) is 6.54 Å². The number of hydrogen-bond acceptors (Lipinski definition) is 5. The van der Waals surface area contributed by atoms with Crippen molar-refractivity contribution in [3.05, 3.63) is 57.7 Å². The third-order valence-corrected chi connectivity index (χ3v) is 5.20. The van der Waals surface area contributed by atoms with Gasteiger partial charge in [0.05, 0.1) is 17.2 Å². The van der Waals surface area contributed by atoms with Crippen molar-refractivity contribution < 1.29 is 4.52 Å². The molecule has 1 aromatic carbocycles. The van der Waals surface area contributed by atoms with Gasteiger partial charge in [0, 0.05) is 36.0 Å². The average Bonchev–Trinajstić information content (AvgIpc) is 3.27. The predicted octanol–water partition coefficient (Wildman–Crippen LogP) is 4.33. The number of guanidine groups is 1. The molecule has 3 aromatic rings. The summed E-state index contributed by atoms with van der Waals surface area (Å²) < 4.78 is 5.43. The lowest BCUT2D eigenvalue weighted by molar-refractivity contribution is 0.424. The molecular formula is C20H26IN5OS. The Bertz CT molecular complexity index is 872. The fourth-order valence-electron chi connectivity index (χ4n) is 2.56. The van der Waals surface area contributed by atoms with Gasteiger partial charge in [-0.15, -0.1) is 35.3 Å². The van der Waals surface area contributed by atoms with Gasteiger partial charge in [-0.05, 0) is 20.8 Å². The molecule has 2 aromatic heterocycles. The SMILES string of the molecule is CCNC(=NCc1cc(-c2ccccc2)on1)NCCc1nc(C)c(C)s1.I. The second-order valence-corrected chi connectivity index (χ2v) is 7.46. The van der Waals surface area contributed by atoms with Crippen molar-refractivity contribution in [1.82, 2.24) is 20.8 Å². The molecule has 0 spiro atoms. The van der Waals surface area contributed by atoms with Crippen LogP contribution < -0.4 is 10.6 Å². The molecule has 0 aliphatic carbocycles. The van der Waals surface area contributed by atoms with Crippen LogP contribution in [0, 0.1) is 13.8 Å². The molecule has 2 N–H and O–H groups in total. The Kier molecular flexibility index (Phi) is 8.91. The van der Waals surface area contributed by atoms with E-state index in [1.807, 2.05) is 43.3 Å². The highest BCUT2D eigenvalue weighted by molar-refractivity contribution is 14.0. The second-order valence-electron chi connectivity index (χ2n) is 6.17. The quantitative estimate of drug-likeness (QED) is 0.281. The maximum absolute atomic E-state index is 5.43. The lowest BCUT2D eigenvalue weighted by Crippen LogP contribution is -2.38. The summed E-state index contributed by atoms with van der Waals surface area (Å²) in [6, 6.07) is 11.9. The van der Waals surface area contributed by atoms with Crippen LogP contribution in [0.5, 0.6) is 0 Å². The molecule has 0 fully saturated rings. The summed E-state index contributed by atoms with van der Waals surface area (Å²) >= 11 is 1.76. The molecule has 2 heterocycles. The number of aliphatic imine (C=N–C) groups is 1. The number of aryl methyl sites for hydroxylation is 2. The van der Waals surface area contributed by atoms with Crippen molar-refractivity contribution in [3.63, 3.8) is 0 Å². The third kappa shape index (κ3) is 6.30. The molecule has 0 unspecified atom stereocenters. The fourth-order valence-corrected chi connectivity index (χ4v) is 3.49. The molecule has 150 valence electrons. The summed E-state index contributed by atoms with van der Waals surface area (Å²) in [5.41, 5.74) is 2.94. The summed E-state index contributed by atoms with van der Waals surface area (Å²) in [5, 5.41) is 11.9. The zero-order valence-corrected chi connectivity index (χ0v) is 19.5. The van der Waals surface area contributed by atoms with Crippen LogP contribution in [0.1, 0.15) is 28.2 Å². The smallest absolute Gasteiger partial charge is 0.191 e. The van der Waals surface area contributed by atoms with Crippen LogP contribution in [0.15, 0.2) is 45.9 Å². The van der Waals surface area contributed by atoms with Gasteiger partial charge < -0.3 is 15.2 Å². The number of benzene rings is 1. The van der Waals surface area contributed by atoms with E-state index in [9.17, 15) is 0 Å². The van der Waals surface area contributed by atoms with Crippen molar-refractivity contribution in [2.45, 2.75) is 33.7 Å². The highest BCUT2D eigenvalue weighted by atomic mass is 127. The van der Waals surface area contributed by atoms with Gasteiger partial charge in [-0.25, -0.2) is 9.98 Å². The zero-order chi connectivity index (χ0) is 19.1. The number of aromatic nitrogens is 2. The first kappa shape index (κ1) is 22.4. The van der Waals surface area contributed by atoms with Gasteiger partial charge in [0.15, 0.2) is 11.7 Å². The fraction of sp³-hybridized carbons (Fsp3) is 0.350. The van der Waals surface area contributed by atoms with E-state index in [2.05, 4.69) is 39.6 Å². The summed E-state index contributed by atoms with van der Waals surface area (Å²) in [6.45, 7) is 8.25. The molecule has 0 aliphatic heterocycles. The predicted molar refractivity (Wildman–Crippen MR) is 125 cm³/mol. The van der Waals surface area contributed by atoms with Gasteiger partial charge in [0.2, 0.25) is 0 Å². The van der Waals surface area contributed by atoms with Gasteiger partial charge in [-0.2, -0.15) is 0 Å². The minimum Gasteiger partial charge on any atom is -0.357 e. The van der Waals surface area contributed by atoms with Crippen LogP contribution in [-0.4, -0.2) is 29.2 Å². The Morgan fingerprint density at radius 1 is 1.18 bits per heavy atom. The van der Waals surface area contributed by atoms with Crippen LogP contribution in [0.3, 0.4) is 0 Å². The molecule has 0 radical (unpaired) electrons. The maximum atomic E-state index is 5.43. The molecule has 8 heteroatoms. The van der Waals surface area contributed by atoms with Gasteiger partial charge in [0.1, 0.15) is 5.69 Å². The molecule has 0 aliphatic rings. The van der Waals surface area contributed by atoms with Gasteiger partial charge in [-0.1, -0.05) is 35.5 Å². The van der Waals surface area contributed by atoms with E-state index in [1.54, 1.807) is 11.3 Å². The molecule has 0 atom stereocenters. The number of nitrogens with one attached hydrogen (secondary N) is 2. The number of nitrogens with zero attached hydrogens (tertiary/aromatic N) is 3. The Balaban J connectivity index is 0.00000280. The van der Waals surface area contributed by atoms with Crippen LogP contribution in [0.4, 0.5) is 0 Å². The van der Waals surface area contributed by atoms with E-state index in [4.69, 9.17) is 4.52 Å². The minimum absolute atomic E-state index is 0. The lowest BCUT2D eigenvalue weighted by Gasteiger charge is -2.10. The summed E-state index contributed by atoms with van der Waals surface area (Å²) in [7, 11) is 0. The van der Waals surface area contributed by atoms with E-state index in [0.717, 1.165) is 53.2 Å². The highest BCUT2D eigenvalue weighted by Gasteiger charge is 2.07. The summed E-state index contributed by atoms with van der Waals surface area (Å²) in [5.74, 6) is 1.53. The third-order valence-electron chi connectivity index (χ3n) is 4.06. The topological polar surface area (TPSA) is 75.3 Å². The minimum atomic E-state index is 0. The van der Waals surface area contributed by atoms with Crippen LogP contribution >= 0.6 is 35.3 Å². The Hall–Kier alpha value is -1.94. The zero-order valence-electron chi connectivity index (χ0n) is 16.4. The molecule has 6 nitrogen and oxygen atoms in total. The molecule has 0 amide bonds. The van der Waals surface area contributed by atoms with Crippen molar-refractivity contribution in [3.8, 4) is 11.3 Å². The van der Waals surface area contributed by atoms with Gasteiger partial charge >= 0.3 is 0 Å². The monoisotopic (exact) mass is 511 g/mol. The number of rotatable bonds is 7. The van der Waals surface area contributed by atoms with Crippen molar-refractivity contribution in [2.24, 2.45) is 4.99 Å². The van der Waals surface area contributed by atoms with E-state index >= 15 is 0 Å². The van der Waals surface area contributed by atoms with E-state index < -0.39 is 0 Å². The second kappa shape index (κ2) is 11.2. The highest BCUT2D eigenvalue weighted by Crippen LogP contribution is 2.20. The van der Waals surface area contributed by atoms with Crippen molar-refractivity contribution >= 4 is 41.3 Å². The molecule has 0 saturated heterocycles. The standard InChI is InChI=1S/C20H25N5OS.HI/c1-4-21-20(22-11-10-19-24-14(2)15(3)27-19)23-13-17-12-18(26-25-17)16-8-6-5-7-9-16;/h5-9,12H,4,10-11,13H2,1-3H3,(H2,21,22,23);1H. The first-order chi connectivity index (χ1) is 13.2. The molecule has 28 heavy (non-hydrogen) atoms. The van der Waals surface area contributed by atoms with E-state index in [1.165, 1.54) is 4.88 Å². The largest absolute Gasteiger partial charge is 0.357 e. The Morgan fingerprint density at radius 3 is 2.64 bits per heavy atom. The molecule has 0 saturated carbocycles. The normalized spacial score (nSPS) is 11.2. The van der Waals surface area contributed by atoms with Crippen molar-refractivity contribution in [2.75, 3.05) is 13.1 Å². The van der Waals surface area contributed by atoms with Crippen LogP contribution in [0.25, 0.3) is 11.3 Å². The van der Waals surface area contributed by atoms with Gasteiger partial charge in [0.25, 0.3) is 0 Å². The molecule has 0 bridgehead atoms. The van der Waals surface area contributed by atoms with E-state index in [-0.39, 0.29) is 24.0 Å². The van der Waals surface area contributed by atoms with Crippen molar-refractivity contribution in [1.29, 1.82) is 0 Å². The maximum Gasteiger partial charge on any atom is 0.191 e. The Morgan fingerprint density at radius 2 is 1.96 bits per heavy atom. The first-order valence-corrected chi connectivity index (χ1v) is 9.93. The van der Waals surface area contributed by atoms with Crippen LogP contribution in [0.2, 0.25) is 0 Å². The summed E-state index contributed by atoms with van der Waals surface area (Å²) in [6.07, 6.45) is 0.881. The first-order valence-electron chi connectivity index (χ1n) is 9.11. The Labute approximate surface area is 186 Å². The van der Waals surface area contributed by atoms with Crippen LogP contribution in [-0.2, 0) is 13.0 Å². The number of halogens is 1. The molecule has 3 rings (SSSR count). The number of thiazole rings is 1.